The van der Waals surface area contributed by atoms with Crippen molar-refractivity contribution in [3.05, 3.63) is 35.1 Å². The molecule has 3 aliphatic rings. The molecule has 2 aliphatic heterocycles. The van der Waals surface area contributed by atoms with Gasteiger partial charge in [0.1, 0.15) is 18.8 Å². The molecule has 174 valence electrons. The number of nitrogens with two attached hydrogens (primary N) is 1. The van der Waals surface area contributed by atoms with E-state index in [0.717, 1.165) is 37.0 Å². The summed E-state index contributed by atoms with van der Waals surface area (Å²) in [5.41, 5.74) is 7.01. The SMILES string of the molecule is NC(=O)c1sc(-c2cnccn2)cc1[C@@H](C(=O)N1C[C@H](Cl)[C@H]2OCC(=O)[C@H]21)C1CCCCC1. The number of carbonyl (C=O) groups excluding carboxylic acids is 3. The first-order valence-corrected chi connectivity index (χ1v) is 12.5. The number of ketones is 1. The van der Waals surface area contributed by atoms with Crippen LogP contribution in [0.4, 0.5) is 0 Å². The molecule has 0 radical (unpaired) electrons. The number of nitrogens with zero attached hydrogens (tertiary/aromatic N) is 3. The molecule has 5 rings (SSSR count). The molecule has 2 aromatic heterocycles. The molecule has 3 fully saturated rings. The van der Waals surface area contributed by atoms with Crippen molar-refractivity contribution in [3.63, 3.8) is 0 Å². The molecule has 1 aliphatic carbocycles. The van der Waals surface area contributed by atoms with E-state index < -0.39 is 29.3 Å². The molecule has 33 heavy (non-hydrogen) atoms. The maximum Gasteiger partial charge on any atom is 0.259 e. The number of likely N-dealkylation sites (tertiary alicyclic amines) is 1. The van der Waals surface area contributed by atoms with E-state index in [4.69, 9.17) is 22.1 Å². The Balaban J connectivity index is 1.57. The first kappa shape index (κ1) is 22.4. The second-order valence-electron chi connectivity index (χ2n) is 8.92. The molecule has 1 saturated carbocycles. The van der Waals surface area contributed by atoms with Crippen molar-refractivity contribution in [2.75, 3.05) is 13.2 Å². The van der Waals surface area contributed by atoms with Gasteiger partial charge in [-0.3, -0.25) is 24.4 Å². The minimum absolute atomic E-state index is 0.0295. The van der Waals surface area contributed by atoms with Gasteiger partial charge in [-0.15, -0.1) is 22.9 Å². The fourth-order valence-electron chi connectivity index (χ4n) is 5.44. The first-order valence-electron chi connectivity index (χ1n) is 11.2. The number of hydrogen-bond acceptors (Lipinski definition) is 7. The summed E-state index contributed by atoms with van der Waals surface area (Å²) >= 11 is 7.69. The molecule has 2 amide bonds. The molecule has 0 aromatic carbocycles. The number of rotatable bonds is 5. The number of carbonyl (C=O) groups is 3. The van der Waals surface area contributed by atoms with Gasteiger partial charge in [-0.05, 0) is 30.4 Å². The Labute approximate surface area is 200 Å². The highest BCUT2D eigenvalue weighted by Crippen LogP contribution is 2.44. The Morgan fingerprint density at radius 2 is 2.03 bits per heavy atom. The van der Waals surface area contributed by atoms with Crippen molar-refractivity contribution >= 4 is 40.5 Å². The van der Waals surface area contributed by atoms with Gasteiger partial charge >= 0.3 is 0 Å². The lowest BCUT2D eigenvalue weighted by Crippen LogP contribution is -2.46. The zero-order valence-corrected chi connectivity index (χ0v) is 19.6. The van der Waals surface area contributed by atoms with Crippen LogP contribution in [0.25, 0.3) is 10.6 Å². The molecule has 0 bridgehead atoms. The maximum atomic E-state index is 14.1. The van der Waals surface area contributed by atoms with Crippen LogP contribution in [0.15, 0.2) is 24.7 Å². The summed E-state index contributed by atoms with van der Waals surface area (Å²) in [6, 6.07) is 1.19. The monoisotopic (exact) mass is 488 g/mol. The summed E-state index contributed by atoms with van der Waals surface area (Å²) in [4.78, 5) is 50.2. The fraction of sp³-hybridized carbons (Fsp3) is 0.522. The predicted octanol–water partition coefficient (Wildman–Crippen LogP) is 2.75. The van der Waals surface area contributed by atoms with Crippen LogP contribution in [0.1, 0.15) is 53.3 Å². The van der Waals surface area contributed by atoms with E-state index in [1.54, 1.807) is 23.5 Å². The van der Waals surface area contributed by atoms with Crippen LogP contribution in [-0.4, -0.2) is 63.1 Å². The Morgan fingerprint density at radius 3 is 2.73 bits per heavy atom. The molecule has 2 aromatic rings. The lowest BCUT2D eigenvalue weighted by atomic mass is 9.76. The Bertz CT molecular complexity index is 1070. The minimum atomic E-state index is -0.666. The van der Waals surface area contributed by atoms with Gasteiger partial charge in [0.25, 0.3) is 5.91 Å². The quantitative estimate of drug-likeness (QED) is 0.647. The summed E-state index contributed by atoms with van der Waals surface area (Å²) in [5, 5.41) is -0.439. The van der Waals surface area contributed by atoms with Gasteiger partial charge in [-0.1, -0.05) is 19.3 Å². The van der Waals surface area contributed by atoms with Gasteiger partial charge < -0.3 is 15.4 Å². The topological polar surface area (TPSA) is 115 Å². The average molecular weight is 489 g/mol. The van der Waals surface area contributed by atoms with Crippen molar-refractivity contribution in [3.8, 4) is 10.6 Å². The van der Waals surface area contributed by atoms with Crippen molar-refractivity contribution in [2.24, 2.45) is 11.7 Å². The number of fused-ring (bicyclic) bond motifs is 1. The van der Waals surface area contributed by atoms with Crippen molar-refractivity contribution in [2.45, 2.75) is 55.5 Å². The lowest BCUT2D eigenvalue weighted by molar-refractivity contribution is -0.139. The highest BCUT2D eigenvalue weighted by Gasteiger charge is 2.53. The normalized spacial score (nSPS) is 26.4. The number of ether oxygens (including phenoxy) is 1. The zero-order valence-electron chi connectivity index (χ0n) is 18.0. The maximum absolute atomic E-state index is 14.1. The van der Waals surface area contributed by atoms with E-state index >= 15 is 0 Å². The first-order chi connectivity index (χ1) is 16.0. The molecule has 2 N–H and O–H groups in total. The van der Waals surface area contributed by atoms with Gasteiger partial charge in [-0.2, -0.15) is 0 Å². The fourth-order valence-corrected chi connectivity index (χ4v) is 6.82. The van der Waals surface area contributed by atoms with Crippen LogP contribution in [0.3, 0.4) is 0 Å². The van der Waals surface area contributed by atoms with Crippen molar-refractivity contribution in [1.82, 2.24) is 14.9 Å². The van der Waals surface area contributed by atoms with Crippen LogP contribution < -0.4 is 5.73 Å². The van der Waals surface area contributed by atoms with E-state index in [2.05, 4.69) is 9.97 Å². The number of Topliss-reactive ketones (excluding diaryl/α,β-unsaturated/α-hetero) is 1. The summed E-state index contributed by atoms with van der Waals surface area (Å²) < 4.78 is 5.57. The number of hydrogen-bond donors (Lipinski definition) is 1. The summed E-state index contributed by atoms with van der Waals surface area (Å²) in [5.74, 6) is -1.40. The van der Waals surface area contributed by atoms with E-state index in [1.165, 1.54) is 11.3 Å². The Morgan fingerprint density at radius 1 is 1.24 bits per heavy atom. The van der Waals surface area contributed by atoms with E-state index in [9.17, 15) is 14.4 Å². The molecule has 0 spiro atoms. The molecule has 2 saturated heterocycles. The summed E-state index contributed by atoms with van der Waals surface area (Å²) in [7, 11) is 0. The average Bonchev–Trinajstić information content (AvgIpc) is 3.52. The van der Waals surface area contributed by atoms with E-state index in [-0.39, 0.29) is 30.8 Å². The Kier molecular flexibility index (Phi) is 6.20. The van der Waals surface area contributed by atoms with Crippen LogP contribution in [0, 0.1) is 5.92 Å². The number of halogens is 1. The minimum Gasteiger partial charge on any atom is -0.366 e. The Hall–Kier alpha value is -2.36. The molecular weight excluding hydrogens is 464 g/mol. The van der Waals surface area contributed by atoms with Crippen molar-refractivity contribution < 1.29 is 19.1 Å². The lowest BCUT2D eigenvalue weighted by Gasteiger charge is -2.34. The van der Waals surface area contributed by atoms with Crippen LogP contribution in [0.2, 0.25) is 0 Å². The molecule has 4 heterocycles. The molecule has 0 unspecified atom stereocenters. The van der Waals surface area contributed by atoms with Crippen LogP contribution in [-0.2, 0) is 14.3 Å². The predicted molar refractivity (Wildman–Crippen MR) is 123 cm³/mol. The molecular formula is C23H25ClN4O4S. The number of primary amides is 1. The summed E-state index contributed by atoms with van der Waals surface area (Å²) in [6.07, 6.45) is 9.22. The van der Waals surface area contributed by atoms with Gasteiger partial charge in [-0.25, -0.2) is 0 Å². The van der Waals surface area contributed by atoms with Gasteiger partial charge in [0.2, 0.25) is 5.91 Å². The third kappa shape index (κ3) is 4.06. The molecule has 8 nitrogen and oxygen atoms in total. The largest absolute Gasteiger partial charge is 0.366 e. The van der Waals surface area contributed by atoms with Gasteiger partial charge in [0, 0.05) is 18.9 Å². The van der Waals surface area contributed by atoms with Crippen LogP contribution >= 0.6 is 22.9 Å². The second-order valence-corrected chi connectivity index (χ2v) is 10.5. The standard InChI is InChI=1S/C23H25ClN4O4S/c24-14-10-28(19-16(29)11-32-20(14)19)23(31)18(12-4-2-1-3-5-12)13-8-17(33-21(13)22(25)30)15-9-26-6-7-27-15/h6-9,12,14,18-20H,1-5,10-11H2,(H2,25,30)/t14-,18-,19+,20+/m0/s1. The smallest absolute Gasteiger partial charge is 0.259 e. The van der Waals surface area contributed by atoms with E-state index in [0.29, 0.717) is 16.1 Å². The number of alkyl halides is 1. The highest BCUT2D eigenvalue weighted by molar-refractivity contribution is 7.17. The summed E-state index contributed by atoms with van der Waals surface area (Å²) in [6.45, 7) is 0.218. The highest BCUT2D eigenvalue weighted by atomic mass is 35.5. The molecule has 4 atom stereocenters. The molecule has 10 heteroatoms. The van der Waals surface area contributed by atoms with Gasteiger partial charge in [0.15, 0.2) is 5.78 Å². The number of thiophene rings is 1. The third-order valence-electron chi connectivity index (χ3n) is 6.93. The number of aromatic nitrogens is 2. The number of amides is 2. The third-order valence-corrected chi connectivity index (χ3v) is 8.50. The van der Waals surface area contributed by atoms with E-state index in [1.807, 2.05) is 6.07 Å². The van der Waals surface area contributed by atoms with Gasteiger partial charge in [0.05, 0.1) is 32.9 Å². The zero-order chi connectivity index (χ0) is 23.1. The van der Waals surface area contributed by atoms with Crippen LogP contribution in [0.5, 0.6) is 0 Å². The van der Waals surface area contributed by atoms with Crippen molar-refractivity contribution in [1.29, 1.82) is 0 Å². The second kappa shape index (κ2) is 9.12.